The van der Waals surface area contributed by atoms with Gasteiger partial charge in [-0.05, 0) is 18.9 Å². The van der Waals surface area contributed by atoms with Crippen molar-refractivity contribution in [3.05, 3.63) is 35.4 Å². The number of carbonyl (C=O) groups is 1. The number of amides is 1. The van der Waals surface area contributed by atoms with Crippen molar-refractivity contribution in [3.8, 4) is 0 Å². The number of aryl methyl sites for hydroxylation is 1. The first kappa shape index (κ1) is 16.7. The number of aromatic amines is 1. The lowest BCUT2D eigenvalue weighted by atomic mass is 9.85. The van der Waals surface area contributed by atoms with Crippen LogP contribution in [0.25, 0.3) is 0 Å². The maximum absolute atomic E-state index is 12.8. The van der Waals surface area contributed by atoms with E-state index >= 15 is 0 Å². The van der Waals surface area contributed by atoms with E-state index in [4.69, 9.17) is 4.74 Å². The zero-order valence-electron chi connectivity index (χ0n) is 14.3. The van der Waals surface area contributed by atoms with Gasteiger partial charge >= 0.3 is 0 Å². The molecule has 1 fully saturated rings. The van der Waals surface area contributed by atoms with Gasteiger partial charge in [0, 0.05) is 26.3 Å². The molecule has 2 heterocycles. The van der Waals surface area contributed by atoms with Crippen LogP contribution in [0.2, 0.25) is 0 Å². The number of ether oxygens (including phenoxy) is 1. The SMILES string of the molecule is COC[C@H](NC(=O)c1cn[nH]c1C1CCCCC1)c1ccnn1C. The van der Waals surface area contributed by atoms with E-state index in [1.54, 1.807) is 24.2 Å². The number of hydrogen-bond donors (Lipinski definition) is 2. The highest BCUT2D eigenvalue weighted by atomic mass is 16.5. The third-order valence-electron chi connectivity index (χ3n) is 4.78. The Morgan fingerprint density at radius 3 is 2.92 bits per heavy atom. The van der Waals surface area contributed by atoms with Crippen molar-refractivity contribution in [3.63, 3.8) is 0 Å². The van der Waals surface area contributed by atoms with Crippen molar-refractivity contribution < 1.29 is 9.53 Å². The second-order valence-electron chi connectivity index (χ2n) is 6.39. The Kier molecular flexibility index (Phi) is 5.30. The highest BCUT2D eigenvalue weighted by Crippen LogP contribution is 2.33. The molecule has 1 saturated carbocycles. The third kappa shape index (κ3) is 3.51. The van der Waals surface area contributed by atoms with Crippen molar-refractivity contribution in [1.29, 1.82) is 0 Å². The monoisotopic (exact) mass is 331 g/mol. The van der Waals surface area contributed by atoms with E-state index in [1.165, 1.54) is 19.3 Å². The van der Waals surface area contributed by atoms with Gasteiger partial charge in [0.15, 0.2) is 0 Å². The molecule has 130 valence electrons. The topological polar surface area (TPSA) is 84.8 Å². The molecule has 2 N–H and O–H groups in total. The molecule has 0 aliphatic heterocycles. The van der Waals surface area contributed by atoms with Crippen LogP contribution in [0.4, 0.5) is 0 Å². The predicted octanol–water partition coefficient (Wildman–Crippen LogP) is 2.31. The Morgan fingerprint density at radius 1 is 1.46 bits per heavy atom. The summed E-state index contributed by atoms with van der Waals surface area (Å²) in [6.45, 7) is 0.391. The number of rotatable bonds is 6. The average molecular weight is 331 g/mol. The van der Waals surface area contributed by atoms with Gasteiger partial charge in [0.05, 0.1) is 35.8 Å². The second-order valence-corrected chi connectivity index (χ2v) is 6.39. The molecule has 2 aromatic heterocycles. The highest BCUT2D eigenvalue weighted by molar-refractivity contribution is 5.95. The van der Waals surface area contributed by atoms with Gasteiger partial charge in [0.1, 0.15) is 0 Å². The van der Waals surface area contributed by atoms with E-state index < -0.39 is 0 Å². The molecular formula is C17H25N5O2. The number of nitrogens with one attached hydrogen (secondary N) is 2. The molecule has 7 nitrogen and oxygen atoms in total. The summed E-state index contributed by atoms with van der Waals surface area (Å²) in [4.78, 5) is 12.8. The first-order chi connectivity index (χ1) is 11.7. The number of H-pyrrole nitrogens is 1. The van der Waals surface area contributed by atoms with Gasteiger partial charge < -0.3 is 10.1 Å². The van der Waals surface area contributed by atoms with Crippen LogP contribution >= 0.6 is 0 Å². The van der Waals surface area contributed by atoms with E-state index in [1.807, 2.05) is 13.1 Å². The maximum Gasteiger partial charge on any atom is 0.255 e. The molecule has 1 amide bonds. The van der Waals surface area contributed by atoms with E-state index in [0.717, 1.165) is 24.2 Å². The summed E-state index contributed by atoms with van der Waals surface area (Å²) in [7, 11) is 3.48. The summed E-state index contributed by atoms with van der Waals surface area (Å²) >= 11 is 0. The third-order valence-corrected chi connectivity index (χ3v) is 4.78. The fourth-order valence-electron chi connectivity index (χ4n) is 3.51. The predicted molar refractivity (Wildman–Crippen MR) is 89.7 cm³/mol. The summed E-state index contributed by atoms with van der Waals surface area (Å²) < 4.78 is 7.02. The molecule has 3 rings (SSSR count). The van der Waals surface area contributed by atoms with Gasteiger partial charge in [-0.3, -0.25) is 14.6 Å². The van der Waals surface area contributed by atoms with Gasteiger partial charge in [0.2, 0.25) is 0 Å². The molecule has 24 heavy (non-hydrogen) atoms. The fraction of sp³-hybridized carbons (Fsp3) is 0.588. The number of aromatic nitrogens is 4. The van der Waals surface area contributed by atoms with E-state index in [2.05, 4.69) is 20.6 Å². The summed E-state index contributed by atoms with van der Waals surface area (Å²) in [6, 6.07) is 1.64. The fourth-order valence-corrected chi connectivity index (χ4v) is 3.51. The molecule has 0 aromatic carbocycles. The van der Waals surface area contributed by atoms with Crippen LogP contribution in [0.1, 0.15) is 65.8 Å². The van der Waals surface area contributed by atoms with E-state index in [-0.39, 0.29) is 11.9 Å². The molecule has 0 bridgehead atoms. The Balaban J connectivity index is 1.76. The van der Waals surface area contributed by atoms with Crippen LogP contribution in [0.5, 0.6) is 0 Å². The molecular weight excluding hydrogens is 306 g/mol. The van der Waals surface area contributed by atoms with Crippen molar-refractivity contribution in [1.82, 2.24) is 25.3 Å². The largest absolute Gasteiger partial charge is 0.382 e. The minimum Gasteiger partial charge on any atom is -0.382 e. The van der Waals surface area contributed by atoms with Crippen LogP contribution < -0.4 is 5.32 Å². The van der Waals surface area contributed by atoms with Crippen LogP contribution in [0, 0.1) is 0 Å². The van der Waals surface area contributed by atoms with E-state index in [9.17, 15) is 4.79 Å². The van der Waals surface area contributed by atoms with Crippen molar-refractivity contribution in [2.45, 2.75) is 44.1 Å². The second kappa shape index (κ2) is 7.61. The highest BCUT2D eigenvalue weighted by Gasteiger charge is 2.25. The van der Waals surface area contributed by atoms with Gasteiger partial charge in [-0.15, -0.1) is 0 Å². The minimum atomic E-state index is -0.246. The number of hydrogen-bond acceptors (Lipinski definition) is 4. The van der Waals surface area contributed by atoms with Crippen LogP contribution in [0.15, 0.2) is 18.5 Å². The molecule has 1 aliphatic rings. The standard InChI is InChI=1S/C17H25N5O2/c1-22-15(8-9-19-22)14(11-24-2)20-17(23)13-10-18-21-16(13)12-6-4-3-5-7-12/h8-10,12,14H,3-7,11H2,1-2H3,(H,18,21)(H,20,23)/t14-/m0/s1. The van der Waals surface area contributed by atoms with Gasteiger partial charge in [0.25, 0.3) is 5.91 Å². The van der Waals surface area contributed by atoms with Crippen molar-refractivity contribution in [2.24, 2.45) is 7.05 Å². The lowest BCUT2D eigenvalue weighted by Crippen LogP contribution is -2.33. The zero-order chi connectivity index (χ0) is 16.9. The average Bonchev–Trinajstić information content (AvgIpc) is 3.24. The summed E-state index contributed by atoms with van der Waals surface area (Å²) in [5.41, 5.74) is 2.52. The van der Waals surface area contributed by atoms with Gasteiger partial charge in [-0.25, -0.2) is 0 Å². The molecule has 7 heteroatoms. The lowest BCUT2D eigenvalue weighted by Gasteiger charge is -2.22. The quantitative estimate of drug-likeness (QED) is 0.850. The molecule has 2 aromatic rings. The first-order valence-corrected chi connectivity index (χ1v) is 8.51. The summed E-state index contributed by atoms with van der Waals surface area (Å²) in [5, 5.41) is 14.4. The Labute approximate surface area is 141 Å². The molecule has 0 unspecified atom stereocenters. The van der Waals surface area contributed by atoms with Crippen LogP contribution in [0.3, 0.4) is 0 Å². The summed E-state index contributed by atoms with van der Waals surface area (Å²) in [5.74, 6) is 0.284. The number of nitrogens with zero attached hydrogens (tertiary/aromatic N) is 3. The molecule has 0 radical (unpaired) electrons. The van der Waals surface area contributed by atoms with Crippen molar-refractivity contribution >= 4 is 5.91 Å². The normalized spacial score (nSPS) is 16.9. The molecule has 1 atom stereocenters. The number of methoxy groups -OCH3 is 1. The Bertz CT molecular complexity index is 672. The van der Waals surface area contributed by atoms with Gasteiger partial charge in [-0.1, -0.05) is 19.3 Å². The summed E-state index contributed by atoms with van der Waals surface area (Å²) in [6.07, 6.45) is 9.29. The van der Waals surface area contributed by atoms with Crippen LogP contribution in [-0.4, -0.2) is 39.6 Å². The van der Waals surface area contributed by atoms with Gasteiger partial charge in [-0.2, -0.15) is 10.2 Å². The van der Waals surface area contributed by atoms with E-state index in [0.29, 0.717) is 18.1 Å². The molecule has 0 saturated heterocycles. The first-order valence-electron chi connectivity index (χ1n) is 8.51. The van der Waals surface area contributed by atoms with Crippen molar-refractivity contribution in [2.75, 3.05) is 13.7 Å². The van der Waals surface area contributed by atoms with Crippen LogP contribution in [-0.2, 0) is 11.8 Å². The maximum atomic E-state index is 12.8. The smallest absolute Gasteiger partial charge is 0.255 e. The number of carbonyl (C=O) groups excluding carboxylic acids is 1. The lowest BCUT2D eigenvalue weighted by molar-refractivity contribution is 0.0890. The molecule has 0 spiro atoms. The molecule has 1 aliphatic carbocycles. The minimum absolute atomic E-state index is 0.118. The zero-order valence-corrected chi connectivity index (χ0v) is 14.3. The Morgan fingerprint density at radius 2 is 2.25 bits per heavy atom. The Hall–Kier alpha value is -2.15.